The van der Waals surface area contributed by atoms with Crippen LogP contribution in [0.4, 0.5) is 0 Å². The van der Waals surface area contributed by atoms with Gasteiger partial charge in [-0.05, 0) is 25.0 Å². The predicted molar refractivity (Wildman–Crippen MR) is 69.5 cm³/mol. The van der Waals surface area contributed by atoms with E-state index in [4.69, 9.17) is 16.3 Å². The molecule has 1 aliphatic carbocycles. The minimum absolute atomic E-state index is 0.0763. The summed E-state index contributed by atoms with van der Waals surface area (Å²) >= 11 is 6.08. The Morgan fingerprint density at radius 2 is 2.00 bits per heavy atom. The van der Waals surface area contributed by atoms with E-state index < -0.39 is 0 Å². The molecule has 0 radical (unpaired) electrons. The molecule has 0 spiro atoms. The molecule has 1 saturated carbocycles. The van der Waals surface area contributed by atoms with Crippen molar-refractivity contribution in [1.29, 1.82) is 0 Å². The van der Waals surface area contributed by atoms with Gasteiger partial charge in [0.1, 0.15) is 11.9 Å². The van der Waals surface area contributed by atoms with Gasteiger partial charge in [-0.3, -0.25) is 0 Å². The molecule has 1 fully saturated rings. The topological polar surface area (TPSA) is 29.5 Å². The molecule has 1 aliphatic rings. The Morgan fingerprint density at radius 1 is 1.35 bits per heavy atom. The highest BCUT2D eigenvalue weighted by Crippen LogP contribution is 2.49. The molecule has 1 N–H and O–H groups in total. The SMILES string of the molecule is CCC1(CC)C(O)CC1Oc1ccccc1Cl. The second-order valence-corrected chi connectivity index (χ2v) is 5.14. The van der Waals surface area contributed by atoms with E-state index >= 15 is 0 Å². The molecule has 0 aromatic heterocycles. The van der Waals surface area contributed by atoms with Gasteiger partial charge < -0.3 is 9.84 Å². The highest BCUT2D eigenvalue weighted by molar-refractivity contribution is 6.32. The summed E-state index contributed by atoms with van der Waals surface area (Å²) in [6.07, 6.45) is 2.39. The molecule has 94 valence electrons. The number of hydrogen-bond acceptors (Lipinski definition) is 2. The number of hydrogen-bond donors (Lipinski definition) is 1. The van der Waals surface area contributed by atoms with Gasteiger partial charge in [0.2, 0.25) is 0 Å². The number of aliphatic hydroxyl groups is 1. The number of benzene rings is 1. The zero-order chi connectivity index (χ0) is 12.5. The lowest BCUT2D eigenvalue weighted by molar-refractivity contribution is -0.159. The molecule has 17 heavy (non-hydrogen) atoms. The van der Waals surface area contributed by atoms with E-state index in [1.165, 1.54) is 0 Å². The van der Waals surface area contributed by atoms with Gasteiger partial charge in [-0.15, -0.1) is 0 Å². The van der Waals surface area contributed by atoms with Crippen LogP contribution in [-0.4, -0.2) is 17.3 Å². The third-order valence-electron chi connectivity index (χ3n) is 4.16. The van der Waals surface area contributed by atoms with Crippen molar-refractivity contribution in [3.05, 3.63) is 29.3 Å². The first-order valence-corrected chi connectivity index (χ1v) is 6.61. The highest BCUT2D eigenvalue weighted by atomic mass is 35.5. The summed E-state index contributed by atoms with van der Waals surface area (Å²) in [5.74, 6) is 0.720. The van der Waals surface area contributed by atoms with Crippen LogP contribution in [0.25, 0.3) is 0 Å². The predicted octanol–water partition coefficient (Wildman–Crippen LogP) is 3.66. The molecule has 2 atom stereocenters. The van der Waals surface area contributed by atoms with Crippen molar-refractivity contribution in [2.75, 3.05) is 0 Å². The maximum absolute atomic E-state index is 9.96. The molecule has 0 heterocycles. The van der Waals surface area contributed by atoms with E-state index in [0.29, 0.717) is 11.4 Å². The first-order chi connectivity index (χ1) is 8.14. The summed E-state index contributed by atoms with van der Waals surface area (Å²) in [6, 6.07) is 7.50. The van der Waals surface area contributed by atoms with E-state index in [1.807, 2.05) is 24.3 Å². The van der Waals surface area contributed by atoms with E-state index in [9.17, 15) is 5.11 Å². The first kappa shape index (κ1) is 12.7. The zero-order valence-corrected chi connectivity index (χ0v) is 11.1. The van der Waals surface area contributed by atoms with Gasteiger partial charge in [-0.1, -0.05) is 37.6 Å². The Kier molecular flexibility index (Phi) is 3.64. The van der Waals surface area contributed by atoms with Gasteiger partial charge >= 0.3 is 0 Å². The fourth-order valence-electron chi connectivity index (χ4n) is 2.76. The Morgan fingerprint density at radius 3 is 2.53 bits per heavy atom. The lowest BCUT2D eigenvalue weighted by Gasteiger charge is -2.52. The summed E-state index contributed by atoms with van der Waals surface area (Å²) in [7, 11) is 0. The molecule has 2 nitrogen and oxygen atoms in total. The van der Waals surface area contributed by atoms with Crippen LogP contribution in [-0.2, 0) is 0 Å². The molecule has 1 aromatic carbocycles. The fraction of sp³-hybridized carbons (Fsp3) is 0.571. The highest BCUT2D eigenvalue weighted by Gasteiger charge is 2.53. The van der Waals surface area contributed by atoms with Gasteiger partial charge in [-0.2, -0.15) is 0 Å². The second kappa shape index (κ2) is 4.87. The van der Waals surface area contributed by atoms with Crippen LogP contribution in [0.3, 0.4) is 0 Å². The van der Waals surface area contributed by atoms with Crippen molar-refractivity contribution < 1.29 is 9.84 Å². The molecule has 0 bridgehead atoms. The van der Waals surface area contributed by atoms with Gasteiger partial charge in [0.05, 0.1) is 11.1 Å². The molecular weight excluding hydrogens is 236 g/mol. The third-order valence-corrected chi connectivity index (χ3v) is 4.48. The van der Waals surface area contributed by atoms with Crippen molar-refractivity contribution >= 4 is 11.6 Å². The Hall–Kier alpha value is -0.730. The molecule has 2 rings (SSSR count). The fourth-order valence-corrected chi connectivity index (χ4v) is 2.94. The third kappa shape index (κ3) is 2.04. The first-order valence-electron chi connectivity index (χ1n) is 6.23. The second-order valence-electron chi connectivity index (χ2n) is 4.73. The van der Waals surface area contributed by atoms with Gasteiger partial charge in [-0.25, -0.2) is 0 Å². The molecule has 0 aliphatic heterocycles. The average Bonchev–Trinajstić information content (AvgIpc) is 2.33. The van der Waals surface area contributed by atoms with E-state index in [1.54, 1.807) is 0 Å². The maximum Gasteiger partial charge on any atom is 0.138 e. The largest absolute Gasteiger partial charge is 0.488 e. The molecular formula is C14H19ClO2. The van der Waals surface area contributed by atoms with Crippen molar-refractivity contribution in [3.63, 3.8) is 0 Å². The Bertz CT molecular complexity index is 388. The van der Waals surface area contributed by atoms with Crippen molar-refractivity contribution in [1.82, 2.24) is 0 Å². The summed E-state index contributed by atoms with van der Waals surface area (Å²) < 4.78 is 5.96. The van der Waals surface area contributed by atoms with Crippen LogP contribution in [0.15, 0.2) is 24.3 Å². The molecule has 0 amide bonds. The summed E-state index contributed by atoms with van der Waals surface area (Å²) in [5.41, 5.74) is -0.0980. The van der Waals surface area contributed by atoms with Gasteiger partial charge in [0.15, 0.2) is 0 Å². The van der Waals surface area contributed by atoms with Crippen molar-refractivity contribution in [2.45, 2.75) is 45.3 Å². The van der Waals surface area contributed by atoms with Crippen LogP contribution in [0.5, 0.6) is 5.75 Å². The molecule has 1 aromatic rings. The summed E-state index contributed by atoms with van der Waals surface area (Å²) in [4.78, 5) is 0. The molecule has 3 heteroatoms. The molecule has 0 saturated heterocycles. The van der Waals surface area contributed by atoms with Crippen LogP contribution in [0.1, 0.15) is 33.1 Å². The van der Waals surface area contributed by atoms with Crippen molar-refractivity contribution in [3.8, 4) is 5.75 Å². The lowest BCUT2D eigenvalue weighted by atomic mass is 9.60. The minimum Gasteiger partial charge on any atom is -0.488 e. The zero-order valence-electron chi connectivity index (χ0n) is 10.3. The minimum atomic E-state index is -0.245. The standard InChI is InChI=1S/C14H19ClO2/c1-3-14(4-2)12(16)9-13(14)17-11-8-6-5-7-10(11)15/h5-8,12-13,16H,3-4,9H2,1-2H3. The average molecular weight is 255 g/mol. The van der Waals surface area contributed by atoms with E-state index in [2.05, 4.69) is 13.8 Å². The van der Waals surface area contributed by atoms with Crippen LogP contribution in [0, 0.1) is 5.41 Å². The van der Waals surface area contributed by atoms with Crippen LogP contribution < -0.4 is 4.74 Å². The monoisotopic (exact) mass is 254 g/mol. The van der Waals surface area contributed by atoms with Gasteiger partial charge in [0.25, 0.3) is 0 Å². The van der Waals surface area contributed by atoms with Crippen molar-refractivity contribution in [2.24, 2.45) is 5.41 Å². The van der Waals surface area contributed by atoms with E-state index in [0.717, 1.165) is 18.6 Å². The smallest absolute Gasteiger partial charge is 0.138 e. The quantitative estimate of drug-likeness (QED) is 0.889. The Balaban J connectivity index is 2.13. The Labute approximate surface area is 108 Å². The van der Waals surface area contributed by atoms with E-state index in [-0.39, 0.29) is 17.6 Å². The normalized spacial score (nSPS) is 26.4. The summed E-state index contributed by atoms with van der Waals surface area (Å²) in [6.45, 7) is 4.21. The van der Waals surface area contributed by atoms with Crippen LogP contribution >= 0.6 is 11.6 Å². The maximum atomic E-state index is 9.96. The number of aliphatic hydroxyl groups excluding tert-OH is 1. The summed E-state index contributed by atoms with van der Waals surface area (Å²) in [5, 5.41) is 10.6. The number of halogens is 1. The number of ether oxygens (including phenoxy) is 1. The van der Waals surface area contributed by atoms with Gasteiger partial charge in [0, 0.05) is 11.8 Å². The van der Waals surface area contributed by atoms with Crippen LogP contribution in [0.2, 0.25) is 5.02 Å². The lowest BCUT2D eigenvalue weighted by Crippen LogP contribution is -2.59. The number of rotatable bonds is 4. The number of para-hydroxylation sites is 1. The molecule has 2 unspecified atom stereocenters.